The van der Waals surface area contributed by atoms with Crippen LogP contribution in [0.1, 0.15) is 0 Å². The summed E-state index contributed by atoms with van der Waals surface area (Å²) in [6.45, 7) is 3.76. The van der Waals surface area contributed by atoms with Crippen molar-refractivity contribution in [2.24, 2.45) is 0 Å². The highest BCUT2D eigenvalue weighted by Gasteiger charge is 2.21. The summed E-state index contributed by atoms with van der Waals surface area (Å²) in [5.41, 5.74) is 5.48. The molecule has 8 heteroatoms. The van der Waals surface area contributed by atoms with Gasteiger partial charge in [-0.25, -0.2) is 0 Å². The van der Waals surface area contributed by atoms with Crippen LogP contribution < -0.4 is 10.6 Å². The molecule has 0 bridgehead atoms. The van der Waals surface area contributed by atoms with E-state index in [1.807, 2.05) is 4.90 Å². The van der Waals surface area contributed by atoms with Crippen LogP contribution in [0.3, 0.4) is 0 Å². The molecule has 1 aliphatic heterocycles. The topological polar surface area (TPSA) is 76.5 Å². The van der Waals surface area contributed by atoms with Crippen LogP contribution in [0.2, 0.25) is 0 Å². The van der Waals surface area contributed by atoms with Gasteiger partial charge >= 0.3 is 0 Å². The molecule has 1 aliphatic rings. The second-order valence-corrected chi connectivity index (χ2v) is 6.26. The molecule has 6 nitrogen and oxygen atoms in total. The van der Waals surface area contributed by atoms with Crippen LogP contribution >= 0.6 is 23.1 Å². The zero-order valence-electron chi connectivity index (χ0n) is 9.68. The predicted octanol–water partition coefficient (Wildman–Crippen LogP) is -1.43. The third kappa shape index (κ3) is 3.55. The van der Waals surface area contributed by atoms with Crippen molar-refractivity contribution in [2.75, 3.05) is 44.7 Å². The highest BCUT2D eigenvalue weighted by atomic mass is 32.2. The van der Waals surface area contributed by atoms with Gasteiger partial charge in [0.2, 0.25) is 11.0 Å². The number of hydrogen-bond donors (Lipinski definition) is 2. The van der Waals surface area contributed by atoms with Gasteiger partial charge in [0.05, 0.1) is 39.0 Å². The van der Waals surface area contributed by atoms with E-state index >= 15 is 0 Å². The number of rotatable bonds is 3. The van der Waals surface area contributed by atoms with Crippen LogP contribution in [0.4, 0.5) is 5.13 Å². The number of nitrogen functional groups attached to an aromatic ring is 1. The number of likely N-dealkylation sites (N-methyl/N-ethyl adjacent to an activating group) is 1. The van der Waals surface area contributed by atoms with Gasteiger partial charge in [-0.2, -0.15) is 0 Å². The van der Waals surface area contributed by atoms with Crippen LogP contribution in [0.25, 0.3) is 0 Å². The van der Waals surface area contributed by atoms with Crippen molar-refractivity contribution in [3.05, 3.63) is 0 Å². The maximum atomic E-state index is 11.9. The third-order valence-corrected chi connectivity index (χ3v) is 4.58. The Morgan fingerprint density at radius 1 is 1.53 bits per heavy atom. The van der Waals surface area contributed by atoms with Gasteiger partial charge in [0, 0.05) is 0 Å². The molecule has 2 rings (SSSR count). The number of carbonyl (C=O) groups excluding carboxylic acids is 1. The Labute approximate surface area is 108 Å². The van der Waals surface area contributed by atoms with Gasteiger partial charge in [0.1, 0.15) is 0 Å². The second kappa shape index (κ2) is 5.65. The van der Waals surface area contributed by atoms with E-state index in [-0.39, 0.29) is 5.91 Å². The first-order chi connectivity index (χ1) is 8.15. The summed E-state index contributed by atoms with van der Waals surface area (Å²) in [6.07, 6.45) is 0. The molecule has 1 aromatic heterocycles. The Morgan fingerprint density at radius 3 is 2.82 bits per heavy atom. The lowest BCUT2D eigenvalue weighted by atomic mass is 10.3. The summed E-state index contributed by atoms with van der Waals surface area (Å²) in [5.74, 6) is 0.601. The Balaban J connectivity index is 1.77. The number of anilines is 1. The molecule has 0 aromatic carbocycles. The van der Waals surface area contributed by atoms with Crippen molar-refractivity contribution >= 4 is 34.1 Å². The van der Waals surface area contributed by atoms with E-state index < -0.39 is 0 Å². The van der Waals surface area contributed by atoms with E-state index in [2.05, 4.69) is 17.2 Å². The summed E-state index contributed by atoms with van der Waals surface area (Å²) in [4.78, 5) is 15.3. The standard InChI is InChI=1S/C9H15N5OS2/c1-13-2-4-14(5-3-13)7(15)6-16-9-12-11-8(10)17-9/h2-6H2,1H3,(H2,10,11)/p+1. The van der Waals surface area contributed by atoms with E-state index in [0.29, 0.717) is 10.9 Å². The molecule has 0 spiro atoms. The Hall–Kier alpha value is -0.860. The van der Waals surface area contributed by atoms with E-state index in [4.69, 9.17) is 5.73 Å². The number of nitrogens with one attached hydrogen (secondary N) is 1. The average molecular weight is 274 g/mol. The number of aromatic nitrogens is 2. The first-order valence-corrected chi connectivity index (χ1v) is 7.26. The summed E-state index contributed by atoms with van der Waals surface area (Å²) in [7, 11) is 2.15. The third-order valence-electron chi connectivity index (χ3n) is 2.71. The van der Waals surface area contributed by atoms with Gasteiger partial charge < -0.3 is 15.5 Å². The molecule has 1 fully saturated rings. The van der Waals surface area contributed by atoms with Crippen molar-refractivity contribution in [3.63, 3.8) is 0 Å². The van der Waals surface area contributed by atoms with Crippen molar-refractivity contribution in [3.8, 4) is 0 Å². The van der Waals surface area contributed by atoms with Crippen molar-refractivity contribution in [1.82, 2.24) is 15.1 Å². The molecule has 3 N–H and O–H groups in total. The summed E-state index contributed by atoms with van der Waals surface area (Å²) in [5, 5.41) is 8.04. The van der Waals surface area contributed by atoms with E-state index in [0.717, 1.165) is 30.5 Å². The molecular weight excluding hydrogens is 258 g/mol. The van der Waals surface area contributed by atoms with Crippen molar-refractivity contribution < 1.29 is 9.69 Å². The number of piperazine rings is 1. The molecule has 2 heterocycles. The maximum absolute atomic E-state index is 11.9. The zero-order chi connectivity index (χ0) is 12.3. The van der Waals surface area contributed by atoms with Crippen LogP contribution in [0, 0.1) is 0 Å². The smallest absolute Gasteiger partial charge is 0.233 e. The summed E-state index contributed by atoms with van der Waals surface area (Å²) < 4.78 is 0.760. The number of carbonyl (C=O) groups is 1. The van der Waals surface area contributed by atoms with E-state index in [1.165, 1.54) is 28.0 Å². The van der Waals surface area contributed by atoms with Crippen LogP contribution in [0.5, 0.6) is 0 Å². The Morgan fingerprint density at radius 2 is 2.24 bits per heavy atom. The SMILES string of the molecule is C[NH+]1CCN(C(=O)CSc2nnc(N)s2)CC1. The van der Waals surface area contributed by atoms with Crippen LogP contribution in [-0.4, -0.2) is 60.0 Å². The van der Waals surface area contributed by atoms with Crippen molar-refractivity contribution in [2.45, 2.75) is 4.34 Å². The van der Waals surface area contributed by atoms with Gasteiger partial charge in [0.15, 0.2) is 4.34 Å². The lowest BCUT2D eigenvalue weighted by molar-refractivity contribution is -0.883. The fourth-order valence-electron chi connectivity index (χ4n) is 1.63. The Bertz CT molecular complexity index is 388. The number of nitrogens with two attached hydrogens (primary N) is 1. The van der Waals surface area contributed by atoms with E-state index in [1.54, 1.807) is 0 Å². The molecule has 0 radical (unpaired) electrons. The molecule has 94 valence electrons. The molecule has 1 amide bonds. The molecular formula is C9H16N5OS2+. The van der Waals surface area contributed by atoms with Gasteiger partial charge in [-0.1, -0.05) is 23.1 Å². The average Bonchev–Trinajstić information content (AvgIpc) is 2.73. The Kier molecular flexibility index (Phi) is 4.19. The fraction of sp³-hybridized carbons (Fsp3) is 0.667. The predicted molar refractivity (Wildman–Crippen MR) is 68.2 cm³/mol. The maximum Gasteiger partial charge on any atom is 0.233 e. The molecule has 17 heavy (non-hydrogen) atoms. The normalized spacial score (nSPS) is 17.4. The van der Waals surface area contributed by atoms with Crippen LogP contribution in [-0.2, 0) is 4.79 Å². The minimum Gasteiger partial charge on any atom is -0.374 e. The number of quaternary nitrogens is 1. The lowest BCUT2D eigenvalue weighted by Gasteiger charge is -2.29. The number of nitrogens with zero attached hydrogens (tertiary/aromatic N) is 3. The van der Waals surface area contributed by atoms with Gasteiger partial charge in [-0.05, 0) is 0 Å². The molecule has 0 unspecified atom stereocenters. The quantitative estimate of drug-likeness (QED) is 0.661. The monoisotopic (exact) mass is 274 g/mol. The molecule has 1 saturated heterocycles. The van der Waals surface area contributed by atoms with Gasteiger partial charge in [0.25, 0.3) is 0 Å². The molecule has 0 aliphatic carbocycles. The van der Waals surface area contributed by atoms with Gasteiger partial charge in [-0.15, -0.1) is 10.2 Å². The zero-order valence-corrected chi connectivity index (χ0v) is 11.3. The number of hydrogen-bond acceptors (Lipinski definition) is 6. The summed E-state index contributed by atoms with van der Waals surface area (Å²) >= 11 is 2.73. The first-order valence-electron chi connectivity index (χ1n) is 5.46. The number of amides is 1. The van der Waals surface area contributed by atoms with Crippen molar-refractivity contribution in [1.29, 1.82) is 0 Å². The minimum atomic E-state index is 0.177. The van der Waals surface area contributed by atoms with Crippen LogP contribution in [0.15, 0.2) is 4.34 Å². The molecule has 0 saturated carbocycles. The van der Waals surface area contributed by atoms with E-state index in [9.17, 15) is 4.79 Å². The first kappa shape index (κ1) is 12.6. The largest absolute Gasteiger partial charge is 0.374 e. The van der Waals surface area contributed by atoms with Gasteiger partial charge in [-0.3, -0.25) is 4.79 Å². The summed E-state index contributed by atoms with van der Waals surface area (Å²) in [6, 6.07) is 0. The second-order valence-electron chi connectivity index (χ2n) is 4.03. The highest BCUT2D eigenvalue weighted by Crippen LogP contribution is 2.23. The molecule has 0 atom stereocenters. The minimum absolute atomic E-state index is 0.177. The number of thioether (sulfide) groups is 1. The fourth-order valence-corrected chi connectivity index (χ4v) is 3.17. The lowest BCUT2D eigenvalue weighted by Crippen LogP contribution is -3.12. The molecule has 1 aromatic rings. The highest BCUT2D eigenvalue weighted by molar-refractivity contribution is 8.01.